The Morgan fingerprint density at radius 2 is 1.96 bits per heavy atom. The number of piperidine rings is 1. The van der Waals surface area contributed by atoms with E-state index < -0.39 is 12.2 Å². The van der Waals surface area contributed by atoms with Crippen molar-refractivity contribution < 1.29 is 15.3 Å². The lowest BCUT2D eigenvalue weighted by Gasteiger charge is -2.65. The highest BCUT2D eigenvalue weighted by atomic mass is 16.3. The first-order chi connectivity index (χ1) is 12.3. The molecule has 4 heteroatoms. The van der Waals surface area contributed by atoms with Gasteiger partial charge < -0.3 is 15.3 Å². The Hall–Kier alpha value is -0.420. The van der Waals surface area contributed by atoms with Gasteiger partial charge in [-0.05, 0) is 67.4 Å². The lowest BCUT2D eigenvalue weighted by molar-refractivity contribution is -0.218. The summed E-state index contributed by atoms with van der Waals surface area (Å²) in [6, 6.07) is 0.373. The molecular formula is C22H33NO3. The third kappa shape index (κ3) is 1.37. The summed E-state index contributed by atoms with van der Waals surface area (Å²) in [4.78, 5) is 2.65. The summed E-state index contributed by atoms with van der Waals surface area (Å²) < 4.78 is 0. The predicted molar refractivity (Wildman–Crippen MR) is 98.2 cm³/mol. The van der Waals surface area contributed by atoms with E-state index in [4.69, 9.17) is 0 Å². The summed E-state index contributed by atoms with van der Waals surface area (Å²) in [5.41, 5.74) is 0.849. The Morgan fingerprint density at radius 3 is 2.69 bits per heavy atom. The van der Waals surface area contributed by atoms with Gasteiger partial charge >= 0.3 is 0 Å². The van der Waals surface area contributed by atoms with Crippen molar-refractivity contribution in [3.63, 3.8) is 0 Å². The van der Waals surface area contributed by atoms with Crippen molar-refractivity contribution in [2.45, 2.75) is 70.3 Å². The monoisotopic (exact) mass is 359 g/mol. The molecule has 26 heavy (non-hydrogen) atoms. The standard InChI is InChI=1S/C22H33NO3/c1-4-23-10-20(3)6-5-17(25)22-15(20)7-13(18(22)23)21-9-12(11(2)19(21)26)14(24)8-16(21)22/h12-19,24-26H,2,4-10H2,1,3H3/t12?,13-,14-,15+,16+,17-,18?,19+,20-,21-,22-/m0/s1. The minimum atomic E-state index is -0.500. The van der Waals surface area contributed by atoms with Crippen molar-refractivity contribution in [2.24, 2.45) is 39.9 Å². The molecule has 6 rings (SSSR count). The molecule has 5 aliphatic carbocycles. The Balaban J connectivity index is 1.61. The molecule has 0 amide bonds. The summed E-state index contributed by atoms with van der Waals surface area (Å²) in [7, 11) is 0. The average Bonchev–Trinajstić information content (AvgIpc) is 3.14. The van der Waals surface area contributed by atoms with Crippen molar-refractivity contribution in [1.82, 2.24) is 4.90 Å². The van der Waals surface area contributed by atoms with Crippen LogP contribution in [0.15, 0.2) is 12.2 Å². The van der Waals surface area contributed by atoms with E-state index in [2.05, 4.69) is 25.3 Å². The van der Waals surface area contributed by atoms with E-state index >= 15 is 0 Å². The largest absolute Gasteiger partial charge is 0.392 e. The van der Waals surface area contributed by atoms with E-state index in [0.29, 0.717) is 17.9 Å². The van der Waals surface area contributed by atoms with Crippen LogP contribution in [0.5, 0.6) is 0 Å². The smallest absolute Gasteiger partial charge is 0.0813 e. The second kappa shape index (κ2) is 4.59. The van der Waals surface area contributed by atoms with Crippen molar-refractivity contribution in [1.29, 1.82) is 0 Å². The summed E-state index contributed by atoms with van der Waals surface area (Å²) in [5, 5.41) is 33.8. The molecule has 6 fully saturated rings. The van der Waals surface area contributed by atoms with Gasteiger partial charge in [0.15, 0.2) is 0 Å². The minimum absolute atomic E-state index is 0.0547. The van der Waals surface area contributed by atoms with Crippen LogP contribution in [0, 0.1) is 39.9 Å². The van der Waals surface area contributed by atoms with Gasteiger partial charge in [0.2, 0.25) is 0 Å². The lowest BCUT2D eigenvalue weighted by Crippen LogP contribution is -2.68. The molecule has 0 aromatic carbocycles. The van der Waals surface area contributed by atoms with Gasteiger partial charge in [0.05, 0.1) is 18.3 Å². The molecule has 4 nitrogen and oxygen atoms in total. The summed E-state index contributed by atoms with van der Waals surface area (Å²) in [5.74, 6) is 1.26. The Kier molecular flexibility index (Phi) is 2.92. The molecule has 2 spiro atoms. The zero-order valence-corrected chi connectivity index (χ0v) is 16.1. The Bertz CT molecular complexity index is 695. The second-order valence-electron chi connectivity index (χ2n) is 10.9. The fraction of sp³-hybridized carbons (Fsp3) is 0.909. The van der Waals surface area contributed by atoms with Gasteiger partial charge in [-0.3, -0.25) is 4.90 Å². The van der Waals surface area contributed by atoms with Crippen LogP contribution < -0.4 is 0 Å². The molecule has 11 atom stereocenters. The van der Waals surface area contributed by atoms with Gasteiger partial charge in [0.25, 0.3) is 0 Å². The van der Waals surface area contributed by atoms with Gasteiger partial charge in [-0.25, -0.2) is 0 Å². The number of rotatable bonds is 1. The lowest BCUT2D eigenvalue weighted by atomic mass is 9.43. The Morgan fingerprint density at radius 1 is 1.19 bits per heavy atom. The molecule has 7 bridgehead atoms. The average molecular weight is 360 g/mol. The predicted octanol–water partition coefficient (Wildman–Crippen LogP) is 1.79. The highest BCUT2D eigenvalue weighted by Gasteiger charge is 2.85. The van der Waals surface area contributed by atoms with Crippen LogP contribution in [-0.4, -0.2) is 57.7 Å². The molecule has 0 radical (unpaired) electrons. The number of hydrogen-bond donors (Lipinski definition) is 3. The SMILES string of the molecule is C=C1C2C[C@@]3([C@@H]1O)[C@@H](C[C@@H]2O)[C@@]12C4[C@@H]3C[C@@H]1[C@@](C)(CC[C@@H]2O)CN4CC. The van der Waals surface area contributed by atoms with Crippen molar-refractivity contribution in [3.05, 3.63) is 12.2 Å². The zero-order valence-electron chi connectivity index (χ0n) is 16.1. The summed E-state index contributed by atoms with van der Waals surface area (Å²) >= 11 is 0. The van der Waals surface area contributed by atoms with Gasteiger partial charge in [-0.15, -0.1) is 0 Å². The van der Waals surface area contributed by atoms with Crippen LogP contribution >= 0.6 is 0 Å². The zero-order chi connectivity index (χ0) is 18.2. The number of aliphatic hydroxyl groups is 3. The van der Waals surface area contributed by atoms with E-state index in [9.17, 15) is 15.3 Å². The van der Waals surface area contributed by atoms with Gasteiger partial charge in [0.1, 0.15) is 0 Å². The van der Waals surface area contributed by atoms with Crippen LogP contribution in [-0.2, 0) is 0 Å². The highest BCUT2D eigenvalue weighted by Crippen LogP contribution is 2.83. The molecule has 3 N–H and O–H groups in total. The topological polar surface area (TPSA) is 63.9 Å². The maximum atomic E-state index is 11.5. The van der Waals surface area contributed by atoms with Crippen LogP contribution in [0.2, 0.25) is 0 Å². The van der Waals surface area contributed by atoms with Crippen LogP contribution in [0.4, 0.5) is 0 Å². The second-order valence-corrected chi connectivity index (χ2v) is 10.9. The number of aliphatic hydroxyl groups excluding tert-OH is 3. The molecule has 2 unspecified atom stereocenters. The maximum absolute atomic E-state index is 11.5. The van der Waals surface area contributed by atoms with Gasteiger partial charge in [-0.1, -0.05) is 20.4 Å². The molecule has 0 aromatic heterocycles. The molecule has 144 valence electrons. The molecule has 1 heterocycles. The molecule has 5 saturated carbocycles. The third-order valence-corrected chi connectivity index (χ3v) is 10.6. The molecule has 0 aromatic rings. The van der Waals surface area contributed by atoms with E-state index in [1.807, 2.05) is 0 Å². The Labute approximate surface area is 156 Å². The molecule has 6 aliphatic rings. The molecule has 1 aliphatic heterocycles. The molecule has 1 saturated heterocycles. The van der Waals surface area contributed by atoms with E-state index in [1.165, 1.54) is 0 Å². The van der Waals surface area contributed by atoms with Crippen LogP contribution in [0.3, 0.4) is 0 Å². The number of hydrogen-bond acceptors (Lipinski definition) is 4. The minimum Gasteiger partial charge on any atom is -0.392 e. The first kappa shape index (κ1) is 16.5. The van der Waals surface area contributed by atoms with Crippen molar-refractivity contribution in [2.75, 3.05) is 13.1 Å². The molecular weight excluding hydrogens is 326 g/mol. The fourth-order valence-electron chi connectivity index (χ4n) is 9.97. The van der Waals surface area contributed by atoms with E-state index in [-0.39, 0.29) is 34.2 Å². The van der Waals surface area contributed by atoms with Gasteiger partial charge in [-0.2, -0.15) is 0 Å². The van der Waals surface area contributed by atoms with Crippen molar-refractivity contribution in [3.8, 4) is 0 Å². The quantitative estimate of drug-likeness (QED) is 0.625. The van der Waals surface area contributed by atoms with Crippen molar-refractivity contribution >= 4 is 0 Å². The van der Waals surface area contributed by atoms with E-state index in [0.717, 1.165) is 50.8 Å². The fourth-order valence-corrected chi connectivity index (χ4v) is 9.97. The normalized spacial score (nSPS) is 65.5. The highest BCUT2D eigenvalue weighted by molar-refractivity contribution is 5.39. The van der Waals surface area contributed by atoms with Gasteiger partial charge in [0, 0.05) is 29.3 Å². The number of likely N-dealkylation sites (tertiary alicyclic amines) is 1. The van der Waals surface area contributed by atoms with E-state index in [1.54, 1.807) is 0 Å². The van der Waals surface area contributed by atoms with Crippen LogP contribution in [0.25, 0.3) is 0 Å². The maximum Gasteiger partial charge on any atom is 0.0813 e. The third-order valence-electron chi connectivity index (χ3n) is 10.6. The number of nitrogens with zero attached hydrogens (tertiary/aromatic N) is 1. The summed E-state index contributed by atoms with van der Waals surface area (Å²) in [6.07, 6.45) is 3.58. The van der Waals surface area contributed by atoms with Crippen LogP contribution in [0.1, 0.15) is 46.0 Å². The first-order valence-electron chi connectivity index (χ1n) is 10.8. The first-order valence-corrected chi connectivity index (χ1v) is 10.8. The number of fused-ring (bicyclic) bond motifs is 1. The summed E-state index contributed by atoms with van der Waals surface area (Å²) in [6.45, 7) is 11.1.